The summed E-state index contributed by atoms with van der Waals surface area (Å²) in [5.41, 5.74) is 17.0. The van der Waals surface area contributed by atoms with Crippen molar-refractivity contribution in [3.8, 4) is 0 Å². The van der Waals surface area contributed by atoms with Crippen LogP contribution < -0.4 is 10.2 Å². The maximum Gasteiger partial charge on any atom is 0.130 e. The van der Waals surface area contributed by atoms with Crippen molar-refractivity contribution in [1.82, 2.24) is 5.32 Å². The van der Waals surface area contributed by atoms with Crippen LogP contribution in [-0.2, 0) is 0 Å². The van der Waals surface area contributed by atoms with E-state index in [0.29, 0.717) is 0 Å². The Labute approximate surface area is 305 Å². The molecule has 0 bridgehead atoms. The molecule has 2 nitrogen and oxygen atoms in total. The zero-order valence-electron chi connectivity index (χ0n) is 32.8. The average molecular weight is 667 g/mol. The van der Waals surface area contributed by atoms with Gasteiger partial charge in [0.15, 0.2) is 0 Å². The normalized spacial score (nSPS) is 14.4. The Morgan fingerprint density at radius 2 is 1.20 bits per heavy atom. The highest BCUT2D eigenvalue weighted by atomic mass is 15.3. The van der Waals surface area contributed by atoms with E-state index >= 15 is 0 Å². The summed E-state index contributed by atoms with van der Waals surface area (Å²) in [5.74, 6) is 0. The Hall–Kier alpha value is -4.82. The molecule has 264 valence electrons. The van der Waals surface area contributed by atoms with Crippen LogP contribution in [0.4, 0.5) is 5.69 Å². The zero-order chi connectivity index (χ0) is 37.2. The molecule has 0 fully saturated rings. The van der Waals surface area contributed by atoms with E-state index in [0.717, 1.165) is 17.1 Å². The molecule has 0 spiro atoms. The van der Waals surface area contributed by atoms with Gasteiger partial charge in [0.25, 0.3) is 0 Å². The van der Waals surface area contributed by atoms with Crippen molar-refractivity contribution in [3.63, 3.8) is 0 Å². The fourth-order valence-corrected chi connectivity index (χ4v) is 5.89. The summed E-state index contributed by atoms with van der Waals surface area (Å²) in [6.07, 6.45) is 10.8. The van der Waals surface area contributed by atoms with Gasteiger partial charge < -0.3 is 10.2 Å². The summed E-state index contributed by atoms with van der Waals surface area (Å²) in [7, 11) is 0. The molecule has 0 amide bonds. The Morgan fingerprint density at radius 1 is 0.640 bits per heavy atom. The van der Waals surface area contributed by atoms with Gasteiger partial charge in [0.1, 0.15) is 6.17 Å². The van der Waals surface area contributed by atoms with Crippen LogP contribution in [-0.4, -0.2) is 0 Å². The maximum absolute atomic E-state index is 3.97. The number of hydrogen-bond donors (Lipinski definition) is 1. The number of nitrogens with one attached hydrogen (secondary N) is 1. The maximum atomic E-state index is 3.97. The number of hydrogen-bond acceptors (Lipinski definition) is 2. The lowest BCUT2D eigenvalue weighted by Crippen LogP contribution is -2.28. The van der Waals surface area contributed by atoms with Gasteiger partial charge in [0.2, 0.25) is 0 Å². The molecular weight excluding hydrogens is 605 g/mol. The van der Waals surface area contributed by atoms with Crippen molar-refractivity contribution in [2.75, 3.05) is 4.90 Å². The van der Waals surface area contributed by atoms with E-state index in [4.69, 9.17) is 0 Å². The molecule has 0 aromatic heterocycles. The van der Waals surface area contributed by atoms with Crippen molar-refractivity contribution in [2.24, 2.45) is 0 Å². The third kappa shape index (κ3) is 10.8. The van der Waals surface area contributed by atoms with Gasteiger partial charge in [-0.25, -0.2) is 0 Å². The largest absolute Gasteiger partial charge is 0.359 e. The molecule has 0 saturated heterocycles. The molecule has 50 heavy (non-hydrogen) atoms. The second kappa shape index (κ2) is 21.3. The molecule has 0 saturated carbocycles. The van der Waals surface area contributed by atoms with Gasteiger partial charge in [0, 0.05) is 5.69 Å². The van der Waals surface area contributed by atoms with Crippen molar-refractivity contribution < 1.29 is 0 Å². The molecule has 1 N–H and O–H groups in total. The van der Waals surface area contributed by atoms with E-state index in [1.54, 1.807) is 0 Å². The summed E-state index contributed by atoms with van der Waals surface area (Å²) in [5, 5.41) is 3.54. The summed E-state index contributed by atoms with van der Waals surface area (Å²) in [6.45, 7) is 31.1. The van der Waals surface area contributed by atoms with Crippen molar-refractivity contribution in [3.05, 3.63) is 190 Å². The van der Waals surface area contributed by atoms with Gasteiger partial charge in [-0.2, -0.15) is 0 Å². The molecular formula is C48H62N2. The van der Waals surface area contributed by atoms with E-state index in [9.17, 15) is 0 Å². The van der Waals surface area contributed by atoms with E-state index in [1.807, 2.05) is 58.0 Å². The second-order valence-corrected chi connectivity index (χ2v) is 12.3. The highest BCUT2D eigenvalue weighted by Crippen LogP contribution is 2.37. The van der Waals surface area contributed by atoms with Crippen LogP contribution >= 0.6 is 0 Å². The van der Waals surface area contributed by atoms with Crippen LogP contribution in [0.2, 0.25) is 0 Å². The Balaban J connectivity index is 0.000000270. The molecule has 1 atom stereocenters. The first-order chi connectivity index (χ1) is 24.2. The summed E-state index contributed by atoms with van der Waals surface area (Å²) in [6, 6.07) is 31.8. The van der Waals surface area contributed by atoms with Crippen LogP contribution in [0.3, 0.4) is 0 Å². The van der Waals surface area contributed by atoms with Gasteiger partial charge >= 0.3 is 0 Å². The Bertz CT molecular complexity index is 1730. The lowest BCUT2D eigenvalue weighted by molar-refractivity contribution is 0.652. The lowest BCUT2D eigenvalue weighted by Gasteiger charge is -2.28. The number of allylic oxidation sites excluding steroid dienone is 6. The fraction of sp³-hybridized carbons (Fsp3) is 0.292. The van der Waals surface area contributed by atoms with Crippen LogP contribution in [0.5, 0.6) is 0 Å². The molecule has 4 aromatic carbocycles. The molecule has 4 aromatic rings. The molecule has 2 aliphatic rings. The van der Waals surface area contributed by atoms with E-state index < -0.39 is 0 Å². The van der Waals surface area contributed by atoms with E-state index in [1.165, 1.54) is 68.5 Å². The highest BCUT2D eigenvalue weighted by Gasteiger charge is 2.30. The minimum absolute atomic E-state index is 0.0454. The van der Waals surface area contributed by atoms with Crippen LogP contribution in [0.25, 0.3) is 5.57 Å². The molecule has 6 rings (SSSR count). The summed E-state index contributed by atoms with van der Waals surface area (Å²) < 4.78 is 0. The van der Waals surface area contributed by atoms with Crippen molar-refractivity contribution in [1.29, 1.82) is 0 Å². The van der Waals surface area contributed by atoms with Gasteiger partial charge in [0.05, 0.1) is 11.4 Å². The number of rotatable bonds is 5. The van der Waals surface area contributed by atoms with Gasteiger partial charge in [-0.3, -0.25) is 0 Å². The first-order valence-corrected chi connectivity index (χ1v) is 18.3. The standard InChI is InChI=1S/C20H20N2.C16H20.C8H10.2C2H6/c1-4-18-19(5-2)22(17-9-7-6-8-10-17)20(21-18)16-13-11-15(3)12-14-16;1-11-9-10-13(3)16(14(11)4)15-8-6-5-7-12(15)2;1-7-5-3-4-6-8(7)2;2*1-2/h4-14,20-21H,1-2H2,3H3;6,8-10H,5,7H2,1-4H3;3-6H,1-2H3;2*1-2H3. The SMILES string of the molecule is C=CC1=C(C=C)N(c2ccccc2)C(c2ccc(C)cc2)N1.CC.CC.CC1=C(c2c(C)ccc(C)c2C)C=CCC1.Cc1ccccc1C. The number of benzene rings is 4. The Kier molecular flexibility index (Phi) is 17.6. The average Bonchev–Trinajstić information content (AvgIpc) is 3.54. The van der Waals surface area contributed by atoms with Crippen LogP contribution in [0.1, 0.15) is 98.1 Å². The molecule has 0 radical (unpaired) electrons. The molecule has 1 aliphatic heterocycles. The predicted octanol–water partition coefficient (Wildman–Crippen LogP) is 13.8. The minimum Gasteiger partial charge on any atom is -0.359 e. The first-order valence-electron chi connectivity index (χ1n) is 18.3. The van der Waals surface area contributed by atoms with Crippen molar-refractivity contribution >= 4 is 11.3 Å². The third-order valence-electron chi connectivity index (χ3n) is 8.98. The topological polar surface area (TPSA) is 15.3 Å². The fourth-order valence-electron chi connectivity index (χ4n) is 5.89. The Morgan fingerprint density at radius 3 is 1.72 bits per heavy atom. The predicted molar refractivity (Wildman–Crippen MR) is 224 cm³/mol. The monoisotopic (exact) mass is 666 g/mol. The smallest absolute Gasteiger partial charge is 0.130 e. The number of para-hydroxylation sites is 1. The molecule has 1 heterocycles. The summed E-state index contributed by atoms with van der Waals surface area (Å²) in [4.78, 5) is 2.26. The molecule has 1 unspecified atom stereocenters. The van der Waals surface area contributed by atoms with Crippen LogP contribution in [0, 0.1) is 41.5 Å². The second-order valence-electron chi connectivity index (χ2n) is 12.3. The van der Waals surface area contributed by atoms with E-state index in [-0.39, 0.29) is 6.17 Å². The van der Waals surface area contributed by atoms with Crippen molar-refractivity contribution in [2.45, 2.75) is 95.2 Å². The highest BCUT2D eigenvalue weighted by molar-refractivity contribution is 5.81. The van der Waals surface area contributed by atoms with Gasteiger partial charge in [-0.15, -0.1) is 0 Å². The van der Waals surface area contributed by atoms with Crippen LogP contribution in [0.15, 0.2) is 145 Å². The number of nitrogens with zero attached hydrogens (tertiary/aromatic N) is 1. The zero-order valence-corrected chi connectivity index (χ0v) is 32.8. The van der Waals surface area contributed by atoms with Gasteiger partial charge in [-0.1, -0.05) is 143 Å². The van der Waals surface area contributed by atoms with E-state index in [2.05, 4.69) is 157 Å². The first kappa shape index (κ1) is 41.4. The van der Waals surface area contributed by atoms with Gasteiger partial charge in [-0.05, 0) is 130 Å². The molecule has 2 heteroatoms. The number of aryl methyl sites for hydroxylation is 5. The lowest BCUT2D eigenvalue weighted by atomic mass is 9.87. The number of anilines is 1. The molecule has 1 aliphatic carbocycles. The quantitative estimate of drug-likeness (QED) is 0.228. The minimum atomic E-state index is 0.0454. The summed E-state index contributed by atoms with van der Waals surface area (Å²) >= 11 is 0. The third-order valence-corrected chi connectivity index (χ3v) is 8.98.